The Hall–Kier alpha value is -2.80. The Morgan fingerprint density at radius 2 is 1.56 bits per heavy atom. The zero-order chi connectivity index (χ0) is 17.7. The van der Waals surface area contributed by atoms with Crippen molar-refractivity contribution in [2.45, 2.75) is 13.0 Å². The average Bonchev–Trinajstić information content (AvgIpc) is 2.89. The highest BCUT2D eigenvalue weighted by atomic mass is 79.9. The number of pyridine rings is 1. The van der Waals surface area contributed by atoms with Crippen molar-refractivity contribution in [3.8, 4) is 0 Å². The van der Waals surface area contributed by atoms with E-state index in [0.717, 1.165) is 4.90 Å². The minimum absolute atomic E-state index is 0.236. The number of hydrogen-bond acceptors (Lipinski definition) is 4. The maximum Gasteiger partial charge on any atom is 0.272 e. The van der Waals surface area contributed by atoms with Crippen molar-refractivity contribution in [1.29, 1.82) is 0 Å². The van der Waals surface area contributed by atoms with Crippen LogP contribution in [0.4, 0.5) is 0 Å². The Kier molecular flexibility index (Phi) is 3.54. The summed E-state index contributed by atoms with van der Waals surface area (Å²) in [7, 11) is 0. The highest BCUT2D eigenvalue weighted by molar-refractivity contribution is 9.10. The summed E-state index contributed by atoms with van der Waals surface area (Å²) >= 11 is 3.28. The smallest absolute Gasteiger partial charge is 0.269 e. The molecule has 1 aliphatic heterocycles. The quantitative estimate of drug-likeness (QED) is 0.623. The first kappa shape index (κ1) is 15.7. The topological polar surface area (TPSA) is 71.8 Å². The molecule has 0 spiro atoms. The number of imide groups is 1. The van der Waals surface area contributed by atoms with Crippen molar-refractivity contribution >= 4 is 33.4 Å². The van der Waals surface area contributed by atoms with E-state index in [2.05, 4.69) is 20.9 Å². The molecule has 3 heterocycles. The van der Waals surface area contributed by atoms with Gasteiger partial charge in [0.15, 0.2) is 0 Å². The van der Waals surface area contributed by atoms with Gasteiger partial charge in [0, 0.05) is 6.20 Å². The highest BCUT2D eigenvalue weighted by Gasteiger charge is 2.40. The van der Waals surface area contributed by atoms with E-state index in [1.165, 1.54) is 4.40 Å². The van der Waals surface area contributed by atoms with E-state index in [4.69, 9.17) is 0 Å². The monoisotopic (exact) mass is 397 g/mol. The third-order valence-electron chi connectivity index (χ3n) is 4.31. The second-order valence-corrected chi connectivity index (χ2v) is 6.54. The molecular weight excluding hydrogens is 386 g/mol. The number of halogens is 1. The minimum Gasteiger partial charge on any atom is -0.269 e. The number of amides is 2. The number of carbonyl (C=O) groups is 2. The van der Waals surface area contributed by atoms with Crippen LogP contribution in [0.15, 0.2) is 57.9 Å². The van der Waals surface area contributed by atoms with Crippen LogP contribution in [0.3, 0.4) is 0 Å². The minimum atomic E-state index is -0.681. The van der Waals surface area contributed by atoms with Crippen molar-refractivity contribution in [2.75, 3.05) is 0 Å². The Morgan fingerprint density at radius 1 is 0.960 bits per heavy atom. The third-order valence-corrected chi connectivity index (χ3v) is 5.06. The van der Waals surface area contributed by atoms with Crippen molar-refractivity contribution in [3.63, 3.8) is 0 Å². The maximum atomic E-state index is 12.7. The van der Waals surface area contributed by atoms with Gasteiger partial charge in [-0.25, -0.2) is 4.98 Å². The molecule has 0 unspecified atom stereocenters. The molecule has 0 aliphatic carbocycles. The average molecular weight is 398 g/mol. The van der Waals surface area contributed by atoms with Gasteiger partial charge in [0.1, 0.15) is 10.1 Å². The zero-order valence-corrected chi connectivity index (χ0v) is 14.7. The van der Waals surface area contributed by atoms with Gasteiger partial charge in [0.25, 0.3) is 17.4 Å². The summed E-state index contributed by atoms with van der Waals surface area (Å²) in [6.07, 6.45) is 1.62. The number of benzene rings is 1. The molecule has 1 aliphatic rings. The van der Waals surface area contributed by atoms with E-state index in [0.29, 0.717) is 22.5 Å². The van der Waals surface area contributed by atoms with Gasteiger partial charge in [0.05, 0.1) is 22.9 Å². The molecule has 0 radical (unpaired) electrons. The summed E-state index contributed by atoms with van der Waals surface area (Å²) in [5.74, 6) is -0.759. The first-order valence-electron chi connectivity index (χ1n) is 7.64. The number of hydrogen-bond donors (Lipinski definition) is 0. The first-order valence-corrected chi connectivity index (χ1v) is 8.43. The van der Waals surface area contributed by atoms with E-state index in [9.17, 15) is 14.4 Å². The van der Waals surface area contributed by atoms with Crippen molar-refractivity contribution < 1.29 is 9.59 Å². The fraction of sp³-hybridized carbons (Fsp3) is 0.111. The van der Waals surface area contributed by atoms with Gasteiger partial charge < -0.3 is 0 Å². The molecular formula is C18H12BrN3O3. The molecule has 0 saturated carbocycles. The largest absolute Gasteiger partial charge is 0.272 e. The Labute approximate surface area is 150 Å². The Balaban J connectivity index is 1.85. The molecule has 124 valence electrons. The summed E-state index contributed by atoms with van der Waals surface area (Å²) in [4.78, 5) is 43.5. The Bertz CT molecular complexity index is 1070. The summed E-state index contributed by atoms with van der Waals surface area (Å²) in [6, 6.07) is 11.2. The number of fused-ring (bicyclic) bond motifs is 2. The van der Waals surface area contributed by atoms with Crippen LogP contribution in [0.2, 0.25) is 0 Å². The van der Waals surface area contributed by atoms with Crippen molar-refractivity contribution in [1.82, 2.24) is 14.3 Å². The number of carbonyl (C=O) groups excluding carboxylic acids is 2. The molecule has 6 nitrogen and oxygen atoms in total. The predicted octanol–water partition coefficient (Wildman–Crippen LogP) is 2.81. The molecule has 0 saturated heterocycles. The van der Waals surface area contributed by atoms with E-state index < -0.39 is 6.04 Å². The summed E-state index contributed by atoms with van der Waals surface area (Å²) < 4.78 is 1.64. The lowest BCUT2D eigenvalue weighted by Crippen LogP contribution is -2.34. The summed E-state index contributed by atoms with van der Waals surface area (Å²) in [5, 5.41) is 0. The lowest BCUT2D eigenvalue weighted by Gasteiger charge is -2.23. The molecule has 25 heavy (non-hydrogen) atoms. The molecule has 1 atom stereocenters. The van der Waals surface area contributed by atoms with Crippen LogP contribution in [-0.2, 0) is 0 Å². The van der Waals surface area contributed by atoms with E-state index in [1.54, 1.807) is 55.6 Å². The highest BCUT2D eigenvalue weighted by Crippen LogP contribution is 2.32. The normalized spacial score (nSPS) is 14.9. The van der Waals surface area contributed by atoms with Crippen molar-refractivity contribution in [3.05, 3.63) is 80.3 Å². The van der Waals surface area contributed by atoms with Gasteiger partial charge in [-0.3, -0.25) is 23.7 Å². The molecule has 2 aromatic heterocycles. The van der Waals surface area contributed by atoms with Crippen LogP contribution >= 0.6 is 15.9 Å². The van der Waals surface area contributed by atoms with Crippen LogP contribution in [0.5, 0.6) is 0 Å². The lowest BCUT2D eigenvalue weighted by molar-refractivity contribution is 0.0591. The number of nitrogens with zero attached hydrogens (tertiary/aromatic N) is 3. The fourth-order valence-electron chi connectivity index (χ4n) is 3.04. The lowest BCUT2D eigenvalue weighted by atomic mass is 10.1. The van der Waals surface area contributed by atoms with Crippen molar-refractivity contribution in [2.24, 2.45) is 0 Å². The van der Waals surface area contributed by atoms with Crippen LogP contribution in [0.1, 0.15) is 39.4 Å². The standard InChI is InChI=1S/C18H12BrN3O3/c1-10(22-16(23)11-6-2-3-7-12(11)17(22)24)15-14(19)18(25)21-9-5-4-8-13(21)20-15/h2-10H,1H3/t10-/m0/s1. The Morgan fingerprint density at radius 3 is 2.20 bits per heavy atom. The van der Waals surface area contributed by atoms with Crippen LogP contribution in [0.25, 0.3) is 5.65 Å². The second kappa shape index (κ2) is 5.63. The second-order valence-electron chi connectivity index (χ2n) is 5.75. The van der Waals surface area contributed by atoms with Gasteiger partial charge in [-0.05, 0) is 47.1 Å². The van der Waals surface area contributed by atoms with Gasteiger partial charge in [-0.2, -0.15) is 0 Å². The molecule has 7 heteroatoms. The summed E-state index contributed by atoms with van der Waals surface area (Å²) in [5.41, 5.74) is 1.25. The molecule has 0 N–H and O–H groups in total. The number of aromatic nitrogens is 2. The first-order chi connectivity index (χ1) is 12.0. The molecule has 4 rings (SSSR count). The van der Waals surface area contributed by atoms with Crippen LogP contribution in [-0.4, -0.2) is 26.1 Å². The van der Waals surface area contributed by atoms with Gasteiger partial charge in [0.2, 0.25) is 0 Å². The molecule has 1 aromatic carbocycles. The van der Waals surface area contributed by atoms with Crippen LogP contribution in [0, 0.1) is 0 Å². The zero-order valence-electron chi connectivity index (χ0n) is 13.1. The SMILES string of the molecule is C[C@@H](c1nc2ccccn2c(=O)c1Br)N1C(=O)c2ccccc2C1=O. The molecule has 0 bridgehead atoms. The third kappa shape index (κ3) is 2.23. The summed E-state index contributed by atoms with van der Waals surface area (Å²) in [6.45, 7) is 1.69. The fourth-order valence-corrected chi connectivity index (χ4v) is 3.65. The molecule has 2 amide bonds. The van der Waals surface area contributed by atoms with E-state index >= 15 is 0 Å². The predicted molar refractivity (Wildman–Crippen MR) is 94.5 cm³/mol. The number of rotatable bonds is 2. The van der Waals surface area contributed by atoms with Crippen LogP contribution < -0.4 is 5.56 Å². The van der Waals surface area contributed by atoms with Gasteiger partial charge >= 0.3 is 0 Å². The van der Waals surface area contributed by atoms with Gasteiger partial charge in [-0.15, -0.1) is 0 Å². The van der Waals surface area contributed by atoms with E-state index in [1.807, 2.05) is 0 Å². The van der Waals surface area contributed by atoms with E-state index in [-0.39, 0.29) is 21.8 Å². The molecule has 0 fully saturated rings. The molecule has 3 aromatic rings. The van der Waals surface area contributed by atoms with Gasteiger partial charge in [-0.1, -0.05) is 18.2 Å². The maximum absolute atomic E-state index is 12.7.